The van der Waals surface area contributed by atoms with Gasteiger partial charge in [-0.15, -0.1) is 0 Å². The van der Waals surface area contributed by atoms with Gasteiger partial charge in [0, 0.05) is 5.69 Å². The molecule has 0 saturated heterocycles. The number of nitrogens with one attached hydrogen (secondary N) is 2. The molecular weight excluding hydrogens is 331 g/mol. The zero-order valence-corrected chi connectivity index (χ0v) is 12.7. The molecule has 0 aliphatic rings. The predicted octanol–water partition coefficient (Wildman–Crippen LogP) is 2.73. The summed E-state index contributed by atoms with van der Waals surface area (Å²) in [7, 11) is 0. The van der Waals surface area contributed by atoms with Crippen LogP contribution in [-0.4, -0.2) is 20.2 Å². The normalized spacial score (nSPS) is 10.9. The van der Waals surface area contributed by atoms with E-state index in [1.165, 1.54) is 12.1 Å². The van der Waals surface area contributed by atoms with Crippen LogP contribution < -0.4 is 10.9 Å². The summed E-state index contributed by atoms with van der Waals surface area (Å²) in [6.07, 6.45) is 0. The van der Waals surface area contributed by atoms with E-state index in [1.54, 1.807) is 6.92 Å². The molecule has 0 saturated carbocycles. The number of rotatable bonds is 2. The van der Waals surface area contributed by atoms with Crippen molar-refractivity contribution in [3.05, 3.63) is 50.1 Å². The van der Waals surface area contributed by atoms with Gasteiger partial charge in [-0.1, -0.05) is 11.6 Å². The molecule has 2 heterocycles. The van der Waals surface area contributed by atoms with E-state index in [9.17, 15) is 14.0 Å². The van der Waals surface area contributed by atoms with Crippen LogP contribution in [0.1, 0.15) is 15.5 Å². The Balaban J connectivity index is 1.99. The van der Waals surface area contributed by atoms with Gasteiger partial charge in [0.25, 0.3) is 11.5 Å². The number of H-pyrrole nitrogens is 1. The van der Waals surface area contributed by atoms with Crippen LogP contribution in [0.4, 0.5) is 10.1 Å². The molecular formula is C13H8ClFN4O2S. The summed E-state index contributed by atoms with van der Waals surface area (Å²) >= 11 is 6.53. The molecule has 22 heavy (non-hydrogen) atoms. The monoisotopic (exact) mass is 338 g/mol. The number of aromatic amines is 1. The van der Waals surface area contributed by atoms with Crippen LogP contribution in [0.3, 0.4) is 0 Å². The van der Waals surface area contributed by atoms with Crippen molar-refractivity contribution in [3.8, 4) is 0 Å². The van der Waals surface area contributed by atoms with Gasteiger partial charge in [-0.2, -0.15) is 4.37 Å². The van der Waals surface area contributed by atoms with Crippen molar-refractivity contribution < 1.29 is 9.18 Å². The number of hydrogen-bond donors (Lipinski definition) is 2. The van der Waals surface area contributed by atoms with Gasteiger partial charge in [0.05, 0.1) is 5.02 Å². The quantitative estimate of drug-likeness (QED) is 0.752. The highest BCUT2D eigenvalue weighted by molar-refractivity contribution is 7.09. The highest BCUT2D eigenvalue weighted by atomic mass is 35.5. The molecule has 0 unspecified atom stereocenters. The van der Waals surface area contributed by atoms with Crippen LogP contribution in [0, 0.1) is 12.7 Å². The van der Waals surface area contributed by atoms with E-state index in [-0.39, 0.29) is 20.9 Å². The van der Waals surface area contributed by atoms with Crippen molar-refractivity contribution in [2.75, 3.05) is 5.32 Å². The smallest absolute Gasteiger partial charge is 0.278 e. The predicted molar refractivity (Wildman–Crippen MR) is 82.1 cm³/mol. The van der Waals surface area contributed by atoms with Crippen LogP contribution >= 0.6 is 23.1 Å². The zero-order chi connectivity index (χ0) is 15.9. The van der Waals surface area contributed by atoms with Crippen molar-refractivity contribution in [1.29, 1.82) is 0 Å². The third-order valence-electron chi connectivity index (χ3n) is 2.84. The van der Waals surface area contributed by atoms with Crippen LogP contribution in [0.25, 0.3) is 11.0 Å². The van der Waals surface area contributed by atoms with E-state index in [0.717, 1.165) is 17.6 Å². The number of aromatic nitrogens is 3. The standard InChI is InChI=1S/C13H8ClFN4O2S/c1-5-16-9-10(12(20)17-5)19-22-11(9)13(21)18-6-2-3-8(15)7(14)4-6/h2-4H,1H3,(H,18,21)(H,16,17,20). The van der Waals surface area contributed by atoms with Crippen molar-refractivity contribution in [2.45, 2.75) is 6.92 Å². The third kappa shape index (κ3) is 2.58. The molecule has 1 aromatic carbocycles. The molecule has 3 rings (SSSR count). The van der Waals surface area contributed by atoms with Gasteiger partial charge in [-0.25, -0.2) is 9.37 Å². The Morgan fingerprint density at radius 3 is 2.91 bits per heavy atom. The van der Waals surface area contributed by atoms with Gasteiger partial charge < -0.3 is 10.3 Å². The Morgan fingerprint density at radius 1 is 1.41 bits per heavy atom. The van der Waals surface area contributed by atoms with E-state index in [2.05, 4.69) is 19.7 Å². The number of halogens is 2. The lowest BCUT2D eigenvalue weighted by Gasteiger charge is -2.04. The van der Waals surface area contributed by atoms with Gasteiger partial charge in [0.2, 0.25) is 0 Å². The van der Waals surface area contributed by atoms with Crippen molar-refractivity contribution in [1.82, 2.24) is 14.3 Å². The Bertz CT molecular complexity index is 953. The average Bonchev–Trinajstić information content (AvgIpc) is 2.87. The maximum atomic E-state index is 13.1. The first-order valence-electron chi connectivity index (χ1n) is 6.08. The molecule has 9 heteroatoms. The molecule has 0 fully saturated rings. The summed E-state index contributed by atoms with van der Waals surface area (Å²) in [5.41, 5.74) is 0.275. The number of anilines is 1. The lowest BCUT2D eigenvalue weighted by molar-refractivity contribution is 0.103. The summed E-state index contributed by atoms with van der Waals surface area (Å²) in [5.74, 6) is -0.684. The van der Waals surface area contributed by atoms with Crippen LogP contribution in [0.5, 0.6) is 0 Å². The molecule has 0 spiro atoms. The van der Waals surface area contributed by atoms with E-state index in [0.29, 0.717) is 11.5 Å². The lowest BCUT2D eigenvalue weighted by atomic mass is 10.3. The minimum atomic E-state index is -0.577. The van der Waals surface area contributed by atoms with Gasteiger partial charge in [-0.3, -0.25) is 9.59 Å². The maximum absolute atomic E-state index is 13.1. The number of aryl methyl sites for hydroxylation is 1. The topological polar surface area (TPSA) is 87.7 Å². The molecule has 0 atom stereocenters. The lowest BCUT2D eigenvalue weighted by Crippen LogP contribution is -2.13. The fraction of sp³-hybridized carbons (Fsp3) is 0.0769. The maximum Gasteiger partial charge on any atom is 0.278 e. The minimum Gasteiger partial charge on any atom is -0.321 e. The number of amides is 1. The minimum absolute atomic E-state index is 0.0997. The fourth-order valence-corrected chi connectivity index (χ4v) is 2.76. The van der Waals surface area contributed by atoms with Crippen molar-refractivity contribution >= 4 is 45.8 Å². The summed E-state index contributed by atoms with van der Waals surface area (Å²) in [6.45, 7) is 1.61. The Hall–Kier alpha value is -2.32. The molecule has 6 nitrogen and oxygen atoms in total. The number of benzene rings is 1. The van der Waals surface area contributed by atoms with Crippen molar-refractivity contribution in [2.24, 2.45) is 0 Å². The first-order valence-corrected chi connectivity index (χ1v) is 7.23. The molecule has 0 bridgehead atoms. The highest BCUT2D eigenvalue weighted by Gasteiger charge is 2.18. The van der Waals surface area contributed by atoms with Crippen LogP contribution in [0.15, 0.2) is 23.0 Å². The molecule has 3 aromatic rings. The van der Waals surface area contributed by atoms with E-state index < -0.39 is 17.3 Å². The first kappa shape index (κ1) is 14.6. The Labute approximate surface area is 132 Å². The second kappa shape index (κ2) is 5.47. The van der Waals surface area contributed by atoms with Crippen LogP contribution in [-0.2, 0) is 0 Å². The average molecular weight is 339 g/mol. The van der Waals surface area contributed by atoms with E-state index >= 15 is 0 Å². The van der Waals surface area contributed by atoms with E-state index in [4.69, 9.17) is 11.6 Å². The molecule has 2 aromatic heterocycles. The van der Waals surface area contributed by atoms with E-state index in [1.807, 2.05) is 0 Å². The number of nitrogens with zero attached hydrogens (tertiary/aromatic N) is 2. The fourth-order valence-electron chi connectivity index (χ4n) is 1.87. The van der Waals surface area contributed by atoms with Gasteiger partial charge >= 0.3 is 0 Å². The summed E-state index contributed by atoms with van der Waals surface area (Å²) in [6, 6.07) is 3.83. The first-order chi connectivity index (χ1) is 10.5. The summed E-state index contributed by atoms with van der Waals surface area (Å²) in [5, 5.41) is 2.47. The van der Waals surface area contributed by atoms with Gasteiger partial charge in [0.1, 0.15) is 22.0 Å². The molecule has 2 N–H and O–H groups in total. The third-order valence-corrected chi connectivity index (χ3v) is 3.97. The number of carbonyl (C=O) groups excluding carboxylic acids is 1. The Morgan fingerprint density at radius 2 is 2.18 bits per heavy atom. The Kier molecular flexibility index (Phi) is 3.63. The SMILES string of the molecule is Cc1nc2c(C(=O)Nc3ccc(F)c(Cl)c3)snc2c(=O)[nH]1. The highest BCUT2D eigenvalue weighted by Crippen LogP contribution is 2.22. The summed E-state index contributed by atoms with van der Waals surface area (Å²) in [4.78, 5) is 30.9. The van der Waals surface area contributed by atoms with Crippen LogP contribution in [0.2, 0.25) is 5.02 Å². The summed E-state index contributed by atoms with van der Waals surface area (Å²) < 4.78 is 17.0. The van der Waals surface area contributed by atoms with Crippen molar-refractivity contribution in [3.63, 3.8) is 0 Å². The molecule has 112 valence electrons. The second-order valence-electron chi connectivity index (χ2n) is 4.44. The van der Waals surface area contributed by atoms with Gasteiger partial charge in [0.15, 0.2) is 5.52 Å². The molecule has 0 aliphatic carbocycles. The molecule has 0 radical (unpaired) electrons. The number of fused-ring (bicyclic) bond motifs is 1. The molecule has 1 amide bonds. The second-order valence-corrected chi connectivity index (χ2v) is 5.62. The zero-order valence-electron chi connectivity index (χ0n) is 11.1. The van der Waals surface area contributed by atoms with Gasteiger partial charge in [-0.05, 0) is 36.7 Å². The largest absolute Gasteiger partial charge is 0.321 e. The number of carbonyl (C=O) groups is 1. The molecule has 0 aliphatic heterocycles. The number of hydrogen-bond acceptors (Lipinski definition) is 5.